The lowest BCUT2D eigenvalue weighted by Crippen LogP contribution is -2.37. The Morgan fingerprint density at radius 2 is 1.81 bits per heavy atom. The minimum absolute atomic E-state index is 0.206. The quantitative estimate of drug-likeness (QED) is 0.725. The first-order valence-corrected chi connectivity index (χ1v) is 10.0. The highest BCUT2D eigenvalue weighted by Gasteiger charge is 2.36. The molecule has 2 aromatic rings. The van der Waals surface area contributed by atoms with Gasteiger partial charge in [0.05, 0.1) is 6.20 Å². The maximum atomic E-state index is 6.00. The van der Waals surface area contributed by atoms with Gasteiger partial charge in [-0.2, -0.15) is 0 Å². The van der Waals surface area contributed by atoms with E-state index in [1.165, 1.54) is 6.42 Å². The predicted molar refractivity (Wildman–Crippen MR) is 111 cm³/mol. The molecule has 1 aliphatic heterocycles. The van der Waals surface area contributed by atoms with Crippen LogP contribution in [-0.4, -0.2) is 46.7 Å². The third-order valence-electron chi connectivity index (χ3n) is 3.82. The molecule has 150 valence electrons. The number of aromatic nitrogens is 2. The topological polar surface area (TPSA) is 47.5 Å². The second-order valence-electron chi connectivity index (χ2n) is 6.49. The Balaban J connectivity index is 0.000000665. The van der Waals surface area contributed by atoms with E-state index < -0.39 is 0 Å². The molecule has 0 amide bonds. The van der Waals surface area contributed by atoms with Crippen molar-refractivity contribution in [2.75, 3.05) is 26.2 Å². The first kappa shape index (κ1) is 22.9. The summed E-state index contributed by atoms with van der Waals surface area (Å²) in [5.41, 5.74) is -0.206. The van der Waals surface area contributed by atoms with E-state index in [0.29, 0.717) is 12.5 Å². The van der Waals surface area contributed by atoms with Crippen molar-refractivity contribution in [2.24, 2.45) is 0 Å². The SMILES string of the molecule is CC.CC1(Oc2cnccn2)CCN(CCOc2ccccc2)C1.CCC. The summed E-state index contributed by atoms with van der Waals surface area (Å²) in [6, 6.07) is 9.91. The molecule has 0 bridgehead atoms. The molecule has 5 heteroatoms. The molecule has 27 heavy (non-hydrogen) atoms. The summed E-state index contributed by atoms with van der Waals surface area (Å²) >= 11 is 0. The minimum Gasteiger partial charge on any atom is -0.492 e. The zero-order chi connectivity index (χ0) is 20.0. The Morgan fingerprint density at radius 1 is 1.11 bits per heavy atom. The zero-order valence-electron chi connectivity index (χ0n) is 17.5. The molecule has 0 aliphatic carbocycles. The van der Waals surface area contributed by atoms with Crippen LogP contribution in [0.15, 0.2) is 48.9 Å². The molecule has 1 saturated heterocycles. The second kappa shape index (κ2) is 13.1. The molecule has 1 unspecified atom stereocenters. The van der Waals surface area contributed by atoms with Crippen LogP contribution >= 0.6 is 0 Å². The molecule has 2 heterocycles. The average Bonchev–Trinajstić information content (AvgIpc) is 3.06. The Hall–Kier alpha value is -2.14. The number of benzene rings is 1. The maximum absolute atomic E-state index is 6.00. The van der Waals surface area contributed by atoms with Gasteiger partial charge in [-0.3, -0.25) is 9.88 Å². The van der Waals surface area contributed by atoms with Gasteiger partial charge in [0.15, 0.2) is 0 Å². The molecular weight excluding hydrogens is 338 g/mol. The van der Waals surface area contributed by atoms with Crippen molar-refractivity contribution in [3.63, 3.8) is 0 Å². The van der Waals surface area contributed by atoms with Crippen LogP contribution in [0.4, 0.5) is 0 Å². The van der Waals surface area contributed by atoms with Crippen molar-refractivity contribution < 1.29 is 9.47 Å². The van der Waals surface area contributed by atoms with Crippen LogP contribution < -0.4 is 9.47 Å². The number of ether oxygens (including phenoxy) is 2. The number of hydrogen-bond acceptors (Lipinski definition) is 5. The highest BCUT2D eigenvalue weighted by molar-refractivity contribution is 5.20. The normalized spacial score (nSPS) is 18.6. The second-order valence-corrected chi connectivity index (χ2v) is 6.49. The third kappa shape index (κ3) is 8.87. The van der Waals surface area contributed by atoms with Crippen LogP contribution in [0.3, 0.4) is 0 Å². The molecule has 1 aromatic heterocycles. The third-order valence-corrected chi connectivity index (χ3v) is 3.82. The standard InChI is InChI=1S/C17H21N3O2.C3H8.C2H6/c1-17(22-16-13-18-8-9-19-16)7-10-20(14-17)11-12-21-15-5-3-2-4-6-15;1-3-2;1-2/h2-6,8-9,13H,7,10-12,14H2,1H3;3H2,1-2H3;1-2H3. The number of rotatable bonds is 6. The Kier molecular flexibility index (Phi) is 11.1. The fraction of sp³-hybridized carbons (Fsp3) is 0.545. The smallest absolute Gasteiger partial charge is 0.232 e. The van der Waals surface area contributed by atoms with Gasteiger partial charge in [-0.1, -0.05) is 52.3 Å². The zero-order valence-corrected chi connectivity index (χ0v) is 17.5. The van der Waals surface area contributed by atoms with Crippen molar-refractivity contribution in [1.29, 1.82) is 0 Å². The van der Waals surface area contributed by atoms with Gasteiger partial charge in [0.25, 0.3) is 0 Å². The fourth-order valence-corrected chi connectivity index (χ4v) is 2.70. The van der Waals surface area contributed by atoms with Crippen LogP contribution in [0.5, 0.6) is 11.6 Å². The molecule has 0 N–H and O–H groups in total. The van der Waals surface area contributed by atoms with E-state index in [4.69, 9.17) is 9.47 Å². The first-order valence-electron chi connectivity index (χ1n) is 10.0. The van der Waals surface area contributed by atoms with Crippen molar-refractivity contribution in [2.45, 2.75) is 53.1 Å². The van der Waals surface area contributed by atoms with Gasteiger partial charge in [-0.05, 0) is 19.1 Å². The van der Waals surface area contributed by atoms with E-state index in [1.54, 1.807) is 18.6 Å². The average molecular weight is 374 g/mol. The van der Waals surface area contributed by atoms with Crippen LogP contribution in [0, 0.1) is 0 Å². The van der Waals surface area contributed by atoms with E-state index in [2.05, 4.69) is 35.6 Å². The maximum Gasteiger partial charge on any atom is 0.232 e. The van der Waals surface area contributed by atoms with E-state index in [9.17, 15) is 0 Å². The highest BCUT2D eigenvalue weighted by Crippen LogP contribution is 2.26. The van der Waals surface area contributed by atoms with Gasteiger partial charge in [-0.25, -0.2) is 4.98 Å². The number of para-hydroxylation sites is 1. The highest BCUT2D eigenvalue weighted by atomic mass is 16.5. The van der Waals surface area contributed by atoms with E-state index in [0.717, 1.165) is 31.8 Å². The van der Waals surface area contributed by atoms with Crippen molar-refractivity contribution in [3.05, 3.63) is 48.9 Å². The van der Waals surface area contributed by atoms with Crippen molar-refractivity contribution in [1.82, 2.24) is 14.9 Å². The van der Waals surface area contributed by atoms with Gasteiger partial charge in [0.2, 0.25) is 5.88 Å². The monoisotopic (exact) mass is 373 g/mol. The molecule has 1 aromatic carbocycles. The van der Waals surface area contributed by atoms with Crippen LogP contribution in [-0.2, 0) is 0 Å². The number of hydrogen-bond donors (Lipinski definition) is 0. The Labute approximate surface area is 164 Å². The number of likely N-dealkylation sites (tertiary alicyclic amines) is 1. The molecule has 0 radical (unpaired) electrons. The van der Waals surface area contributed by atoms with Crippen molar-refractivity contribution >= 4 is 0 Å². The molecule has 1 aliphatic rings. The van der Waals surface area contributed by atoms with Gasteiger partial charge >= 0.3 is 0 Å². The summed E-state index contributed by atoms with van der Waals surface area (Å²) in [6.07, 6.45) is 7.19. The van der Waals surface area contributed by atoms with Gasteiger partial charge in [-0.15, -0.1) is 0 Å². The molecule has 3 rings (SSSR count). The van der Waals surface area contributed by atoms with Crippen LogP contribution in [0.25, 0.3) is 0 Å². The summed E-state index contributed by atoms with van der Waals surface area (Å²) in [5.74, 6) is 1.51. The minimum atomic E-state index is -0.206. The summed E-state index contributed by atoms with van der Waals surface area (Å²) in [4.78, 5) is 10.6. The summed E-state index contributed by atoms with van der Waals surface area (Å²) < 4.78 is 11.8. The number of nitrogens with zero attached hydrogens (tertiary/aromatic N) is 3. The van der Waals surface area contributed by atoms with Crippen LogP contribution in [0.1, 0.15) is 47.5 Å². The van der Waals surface area contributed by atoms with Crippen LogP contribution in [0.2, 0.25) is 0 Å². The molecule has 1 atom stereocenters. The summed E-state index contributed by atoms with van der Waals surface area (Å²) in [5, 5.41) is 0. The van der Waals surface area contributed by atoms with E-state index in [1.807, 2.05) is 44.2 Å². The molecular formula is C22H35N3O2. The Bertz CT molecular complexity index is 595. The van der Waals surface area contributed by atoms with E-state index in [-0.39, 0.29) is 5.60 Å². The van der Waals surface area contributed by atoms with E-state index >= 15 is 0 Å². The Morgan fingerprint density at radius 3 is 2.44 bits per heavy atom. The lowest BCUT2D eigenvalue weighted by atomic mass is 10.1. The lowest BCUT2D eigenvalue weighted by molar-refractivity contribution is 0.0876. The first-order chi connectivity index (χ1) is 13.1. The molecule has 5 nitrogen and oxygen atoms in total. The van der Waals surface area contributed by atoms with Gasteiger partial charge in [0.1, 0.15) is 18.0 Å². The van der Waals surface area contributed by atoms with Crippen molar-refractivity contribution in [3.8, 4) is 11.6 Å². The summed E-state index contributed by atoms with van der Waals surface area (Å²) in [7, 11) is 0. The molecule has 1 fully saturated rings. The van der Waals surface area contributed by atoms with Gasteiger partial charge in [0, 0.05) is 38.4 Å². The lowest BCUT2D eigenvalue weighted by Gasteiger charge is -2.25. The predicted octanol–water partition coefficient (Wildman–Crippen LogP) is 4.84. The molecule has 0 saturated carbocycles. The molecule has 0 spiro atoms. The largest absolute Gasteiger partial charge is 0.492 e. The summed E-state index contributed by atoms with van der Waals surface area (Å²) in [6.45, 7) is 13.8. The van der Waals surface area contributed by atoms with Gasteiger partial charge < -0.3 is 9.47 Å². The fourth-order valence-electron chi connectivity index (χ4n) is 2.70.